The number of rotatable bonds is 4. The van der Waals surface area contributed by atoms with E-state index < -0.39 is 0 Å². The van der Waals surface area contributed by atoms with E-state index in [1.807, 2.05) is 13.1 Å². The van der Waals surface area contributed by atoms with Gasteiger partial charge in [0.05, 0.1) is 6.20 Å². The Morgan fingerprint density at radius 2 is 2.11 bits per heavy atom. The Kier molecular flexibility index (Phi) is 4.28. The number of aryl methyl sites for hydroxylation is 1. The smallest absolute Gasteiger partial charge is 0.121 e. The van der Waals surface area contributed by atoms with Crippen molar-refractivity contribution in [1.82, 2.24) is 15.0 Å². The summed E-state index contributed by atoms with van der Waals surface area (Å²) in [6, 6.07) is 2.29. The Labute approximate surface area is 111 Å². The van der Waals surface area contributed by atoms with Crippen LogP contribution in [-0.4, -0.2) is 21.0 Å². The first-order valence-corrected chi connectivity index (χ1v) is 6.62. The first-order chi connectivity index (χ1) is 8.65. The number of aromatic nitrogens is 3. The fourth-order valence-corrected chi connectivity index (χ4v) is 2.40. The molecular formula is C13H16N4S. The average Bonchev–Trinajstić information content (AvgIpc) is 2.33. The Bertz CT molecular complexity index is 514. The zero-order valence-electron chi connectivity index (χ0n) is 10.5. The molecule has 2 heterocycles. The molecule has 0 amide bonds. The van der Waals surface area contributed by atoms with Gasteiger partial charge in [-0.15, -0.1) is 0 Å². The number of hydrogen-bond donors (Lipinski definition) is 1. The summed E-state index contributed by atoms with van der Waals surface area (Å²) in [4.78, 5) is 12.7. The lowest BCUT2D eigenvalue weighted by Gasteiger charge is -2.08. The van der Waals surface area contributed by atoms with Crippen LogP contribution in [-0.2, 0) is 6.42 Å². The van der Waals surface area contributed by atoms with E-state index in [-0.39, 0.29) is 6.04 Å². The van der Waals surface area contributed by atoms with Crippen molar-refractivity contribution in [3.63, 3.8) is 0 Å². The van der Waals surface area contributed by atoms with E-state index in [0.29, 0.717) is 0 Å². The van der Waals surface area contributed by atoms with Crippen LogP contribution in [0.15, 0.2) is 40.9 Å². The second-order valence-corrected chi connectivity index (χ2v) is 5.30. The van der Waals surface area contributed by atoms with Crippen LogP contribution < -0.4 is 5.73 Å². The van der Waals surface area contributed by atoms with Gasteiger partial charge < -0.3 is 5.73 Å². The second kappa shape index (κ2) is 5.93. The third-order valence-corrected chi connectivity index (χ3v) is 3.43. The molecule has 4 nitrogen and oxygen atoms in total. The predicted molar refractivity (Wildman–Crippen MR) is 72.5 cm³/mol. The summed E-state index contributed by atoms with van der Waals surface area (Å²) in [6.45, 7) is 4.05. The minimum absolute atomic E-state index is 0.157. The number of hydrogen-bond acceptors (Lipinski definition) is 5. The minimum Gasteiger partial charge on any atom is -0.328 e. The molecule has 18 heavy (non-hydrogen) atoms. The van der Waals surface area contributed by atoms with Crippen LogP contribution >= 0.6 is 11.8 Å². The van der Waals surface area contributed by atoms with Crippen LogP contribution in [0, 0.1) is 6.92 Å². The first-order valence-electron chi connectivity index (χ1n) is 5.80. The maximum Gasteiger partial charge on any atom is 0.121 e. The predicted octanol–water partition coefficient (Wildman–Crippen LogP) is 2.22. The third kappa shape index (κ3) is 3.51. The highest BCUT2D eigenvalue weighted by atomic mass is 32.2. The Hall–Kier alpha value is -1.46. The first kappa shape index (κ1) is 13.0. The van der Waals surface area contributed by atoms with E-state index >= 15 is 0 Å². The van der Waals surface area contributed by atoms with Gasteiger partial charge in [-0.3, -0.25) is 4.98 Å². The topological polar surface area (TPSA) is 64.7 Å². The third-order valence-electron chi connectivity index (χ3n) is 2.39. The molecule has 0 aromatic carbocycles. The monoisotopic (exact) mass is 260 g/mol. The van der Waals surface area contributed by atoms with E-state index in [1.54, 1.807) is 18.6 Å². The molecule has 0 spiro atoms. The zero-order chi connectivity index (χ0) is 13.0. The molecule has 0 aliphatic carbocycles. The molecule has 2 N–H and O–H groups in total. The van der Waals surface area contributed by atoms with Crippen LogP contribution in [0.4, 0.5) is 0 Å². The van der Waals surface area contributed by atoms with Crippen molar-refractivity contribution in [2.75, 3.05) is 0 Å². The van der Waals surface area contributed by atoms with E-state index in [9.17, 15) is 0 Å². The van der Waals surface area contributed by atoms with Gasteiger partial charge in [-0.2, -0.15) is 0 Å². The molecule has 1 atom stereocenters. The lowest BCUT2D eigenvalue weighted by Crippen LogP contribution is -2.17. The van der Waals surface area contributed by atoms with E-state index in [1.165, 1.54) is 17.3 Å². The molecule has 0 saturated carbocycles. The van der Waals surface area contributed by atoms with Crippen molar-refractivity contribution in [2.45, 2.75) is 36.4 Å². The highest BCUT2D eigenvalue weighted by molar-refractivity contribution is 7.99. The standard InChI is InChI=1S/C13H16N4S/c1-9-5-11(6-10(2)14)7-17-13(9)18-12-8-15-3-4-16-12/h3-5,7-8,10H,6,14H2,1-2H3. The maximum absolute atomic E-state index is 5.78. The van der Waals surface area contributed by atoms with Gasteiger partial charge in [-0.25, -0.2) is 9.97 Å². The zero-order valence-corrected chi connectivity index (χ0v) is 11.3. The van der Waals surface area contributed by atoms with Crippen molar-refractivity contribution in [3.8, 4) is 0 Å². The molecule has 0 saturated heterocycles. The van der Waals surface area contributed by atoms with Gasteiger partial charge in [0.15, 0.2) is 0 Å². The summed E-state index contributed by atoms with van der Waals surface area (Å²) in [5.74, 6) is 0. The van der Waals surface area contributed by atoms with E-state index in [0.717, 1.165) is 22.0 Å². The molecular weight excluding hydrogens is 244 g/mol. The summed E-state index contributed by atoms with van der Waals surface area (Å²) < 4.78 is 0. The Balaban J connectivity index is 2.15. The summed E-state index contributed by atoms with van der Waals surface area (Å²) >= 11 is 1.53. The van der Waals surface area contributed by atoms with Gasteiger partial charge in [0.2, 0.25) is 0 Å². The molecule has 2 aromatic heterocycles. The Morgan fingerprint density at radius 1 is 1.28 bits per heavy atom. The average molecular weight is 260 g/mol. The highest BCUT2D eigenvalue weighted by Crippen LogP contribution is 2.26. The molecule has 94 valence electrons. The van der Waals surface area contributed by atoms with Gasteiger partial charge in [-0.1, -0.05) is 6.07 Å². The molecule has 1 unspecified atom stereocenters. The molecule has 0 radical (unpaired) electrons. The summed E-state index contributed by atoms with van der Waals surface area (Å²) in [5, 5.41) is 1.82. The number of nitrogens with zero attached hydrogens (tertiary/aromatic N) is 3. The van der Waals surface area contributed by atoms with Crippen LogP contribution in [0.1, 0.15) is 18.1 Å². The number of nitrogens with two attached hydrogens (primary N) is 1. The van der Waals surface area contributed by atoms with Gasteiger partial charge in [0, 0.05) is 24.6 Å². The van der Waals surface area contributed by atoms with Crippen molar-refractivity contribution in [1.29, 1.82) is 0 Å². The molecule has 0 aliphatic rings. The number of pyridine rings is 1. The normalized spacial score (nSPS) is 12.4. The second-order valence-electron chi connectivity index (χ2n) is 4.29. The summed E-state index contributed by atoms with van der Waals surface area (Å²) in [7, 11) is 0. The van der Waals surface area contributed by atoms with Crippen LogP contribution in [0.3, 0.4) is 0 Å². The van der Waals surface area contributed by atoms with Gasteiger partial charge >= 0.3 is 0 Å². The fourth-order valence-electron chi connectivity index (χ4n) is 1.65. The van der Waals surface area contributed by atoms with Crippen LogP contribution in [0.2, 0.25) is 0 Å². The van der Waals surface area contributed by atoms with E-state index in [4.69, 9.17) is 5.73 Å². The van der Waals surface area contributed by atoms with Crippen LogP contribution in [0.25, 0.3) is 0 Å². The maximum atomic E-state index is 5.78. The fraction of sp³-hybridized carbons (Fsp3) is 0.308. The lowest BCUT2D eigenvalue weighted by atomic mass is 10.1. The molecule has 2 rings (SSSR count). The van der Waals surface area contributed by atoms with Crippen molar-refractivity contribution < 1.29 is 0 Å². The van der Waals surface area contributed by atoms with Gasteiger partial charge in [0.1, 0.15) is 10.1 Å². The quantitative estimate of drug-likeness (QED) is 0.913. The summed E-state index contributed by atoms with van der Waals surface area (Å²) in [6.07, 6.45) is 7.82. The molecule has 2 aromatic rings. The summed E-state index contributed by atoms with van der Waals surface area (Å²) in [5.41, 5.74) is 8.10. The van der Waals surface area contributed by atoms with E-state index in [2.05, 4.69) is 27.9 Å². The largest absolute Gasteiger partial charge is 0.328 e. The SMILES string of the molecule is Cc1cc(CC(C)N)cnc1Sc1cnccn1. The minimum atomic E-state index is 0.157. The van der Waals surface area contributed by atoms with Crippen LogP contribution in [0.5, 0.6) is 0 Å². The van der Waals surface area contributed by atoms with Crippen molar-refractivity contribution >= 4 is 11.8 Å². The lowest BCUT2D eigenvalue weighted by molar-refractivity contribution is 0.733. The van der Waals surface area contributed by atoms with Crippen molar-refractivity contribution in [2.24, 2.45) is 5.73 Å². The van der Waals surface area contributed by atoms with Gasteiger partial charge in [0.25, 0.3) is 0 Å². The van der Waals surface area contributed by atoms with Crippen molar-refractivity contribution in [3.05, 3.63) is 42.0 Å². The Morgan fingerprint density at radius 3 is 2.72 bits per heavy atom. The molecule has 0 bridgehead atoms. The highest BCUT2D eigenvalue weighted by Gasteiger charge is 2.06. The molecule has 5 heteroatoms. The molecule has 0 fully saturated rings. The molecule has 0 aliphatic heterocycles. The van der Waals surface area contributed by atoms with Gasteiger partial charge in [-0.05, 0) is 43.2 Å².